The zero-order valence-electron chi connectivity index (χ0n) is 10.4. The maximum Gasteiger partial charge on any atom is 0.248 e. The van der Waals surface area contributed by atoms with E-state index in [1.807, 2.05) is 19.1 Å². The fourth-order valence-electron chi connectivity index (χ4n) is 1.74. The number of primary amides is 1. The average Bonchev–Trinajstić information content (AvgIpc) is 2.34. The molecular weight excluding hydrogens is 262 g/mol. The molecule has 0 saturated heterocycles. The number of nitrogen functional groups attached to an aromatic ring is 1. The summed E-state index contributed by atoms with van der Waals surface area (Å²) in [5.41, 5.74) is 14.6. The molecule has 98 valence electrons. The summed E-state index contributed by atoms with van der Waals surface area (Å²) in [5.74, 6) is -0.499. The van der Waals surface area contributed by atoms with E-state index in [0.29, 0.717) is 16.3 Å². The van der Waals surface area contributed by atoms with Crippen molar-refractivity contribution in [2.45, 2.75) is 6.92 Å². The number of nitrogens with one attached hydrogen (secondary N) is 1. The van der Waals surface area contributed by atoms with Gasteiger partial charge in [-0.3, -0.25) is 4.79 Å². The molecule has 0 saturated carbocycles. The van der Waals surface area contributed by atoms with Crippen molar-refractivity contribution >= 4 is 34.6 Å². The van der Waals surface area contributed by atoms with E-state index in [-0.39, 0.29) is 0 Å². The zero-order valence-corrected chi connectivity index (χ0v) is 11.2. The number of aryl methyl sites for hydroxylation is 1. The van der Waals surface area contributed by atoms with Crippen molar-refractivity contribution in [1.29, 1.82) is 0 Å². The van der Waals surface area contributed by atoms with Crippen molar-refractivity contribution in [3.05, 3.63) is 52.5 Å². The van der Waals surface area contributed by atoms with Crippen LogP contribution in [-0.2, 0) is 0 Å². The van der Waals surface area contributed by atoms with E-state index in [1.54, 1.807) is 24.3 Å². The molecule has 0 unspecified atom stereocenters. The second kappa shape index (κ2) is 5.20. The molecule has 0 aliphatic heterocycles. The lowest BCUT2D eigenvalue weighted by molar-refractivity contribution is 0.100. The van der Waals surface area contributed by atoms with Crippen LogP contribution in [0.25, 0.3) is 0 Å². The van der Waals surface area contributed by atoms with Crippen LogP contribution < -0.4 is 16.8 Å². The van der Waals surface area contributed by atoms with Crippen LogP contribution in [-0.4, -0.2) is 5.91 Å². The summed E-state index contributed by atoms with van der Waals surface area (Å²) >= 11 is 5.90. The van der Waals surface area contributed by atoms with Gasteiger partial charge >= 0.3 is 0 Å². The minimum atomic E-state index is -0.499. The van der Waals surface area contributed by atoms with Crippen molar-refractivity contribution in [3.63, 3.8) is 0 Å². The highest BCUT2D eigenvalue weighted by Crippen LogP contribution is 2.27. The molecule has 0 fully saturated rings. The van der Waals surface area contributed by atoms with Crippen molar-refractivity contribution in [2.24, 2.45) is 5.73 Å². The minimum Gasteiger partial charge on any atom is -0.397 e. The molecule has 19 heavy (non-hydrogen) atoms. The average molecular weight is 276 g/mol. The van der Waals surface area contributed by atoms with Gasteiger partial charge in [-0.15, -0.1) is 0 Å². The number of hydrogen-bond acceptors (Lipinski definition) is 3. The Hall–Kier alpha value is -2.20. The van der Waals surface area contributed by atoms with Crippen molar-refractivity contribution < 1.29 is 4.79 Å². The van der Waals surface area contributed by atoms with E-state index in [4.69, 9.17) is 23.1 Å². The Bertz CT molecular complexity index is 641. The lowest BCUT2D eigenvalue weighted by Crippen LogP contribution is -2.11. The predicted octanol–water partition coefficient (Wildman–Crippen LogP) is 3.07. The van der Waals surface area contributed by atoms with E-state index in [2.05, 4.69) is 5.32 Å². The van der Waals surface area contributed by atoms with Crippen molar-refractivity contribution in [2.75, 3.05) is 11.1 Å². The van der Waals surface area contributed by atoms with Gasteiger partial charge < -0.3 is 16.8 Å². The van der Waals surface area contributed by atoms with E-state index >= 15 is 0 Å². The summed E-state index contributed by atoms with van der Waals surface area (Å²) in [6.45, 7) is 1.95. The standard InChI is InChI=1S/C14H14ClN3O/c1-8-6-10(15)3-5-12(8)18-13-4-2-9(14(17)19)7-11(13)16/h2-7,18H,16H2,1H3,(H2,17,19). The Balaban J connectivity index is 2.31. The highest BCUT2D eigenvalue weighted by atomic mass is 35.5. The van der Waals surface area contributed by atoms with Gasteiger partial charge in [0.05, 0.1) is 11.4 Å². The van der Waals surface area contributed by atoms with Crippen LogP contribution in [0.1, 0.15) is 15.9 Å². The summed E-state index contributed by atoms with van der Waals surface area (Å²) in [7, 11) is 0. The molecular formula is C14H14ClN3O. The summed E-state index contributed by atoms with van der Waals surface area (Å²) in [6.07, 6.45) is 0. The van der Waals surface area contributed by atoms with Gasteiger partial charge in [-0.2, -0.15) is 0 Å². The smallest absolute Gasteiger partial charge is 0.248 e. The summed E-state index contributed by atoms with van der Waals surface area (Å²) in [4.78, 5) is 11.0. The van der Waals surface area contributed by atoms with E-state index in [1.165, 1.54) is 0 Å². The number of nitrogens with two attached hydrogens (primary N) is 2. The van der Waals surface area contributed by atoms with Gasteiger partial charge in [0, 0.05) is 16.3 Å². The van der Waals surface area contributed by atoms with Crippen LogP contribution in [0.15, 0.2) is 36.4 Å². The topological polar surface area (TPSA) is 81.1 Å². The molecule has 0 aliphatic rings. The Morgan fingerprint density at radius 1 is 1.16 bits per heavy atom. The fraction of sp³-hybridized carbons (Fsp3) is 0.0714. The lowest BCUT2D eigenvalue weighted by atomic mass is 10.1. The molecule has 5 heteroatoms. The molecule has 2 aromatic rings. The molecule has 4 nitrogen and oxygen atoms in total. The number of carbonyl (C=O) groups excluding carboxylic acids is 1. The molecule has 0 aromatic heterocycles. The predicted molar refractivity (Wildman–Crippen MR) is 78.8 cm³/mol. The lowest BCUT2D eigenvalue weighted by Gasteiger charge is -2.12. The summed E-state index contributed by atoms with van der Waals surface area (Å²) < 4.78 is 0. The molecule has 0 aliphatic carbocycles. The van der Waals surface area contributed by atoms with Crippen LogP contribution in [0, 0.1) is 6.92 Å². The number of hydrogen-bond donors (Lipinski definition) is 3. The first-order valence-electron chi connectivity index (χ1n) is 5.70. The van der Waals surface area contributed by atoms with Gasteiger partial charge in [0.15, 0.2) is 0 Å². The van der Waals surface area contributed by atoms with Gasteiger partial charge in [-0.25, -0.2) is 0 Å². The largest absolute Gasteiger partial charge is 0.397 e. The third-order valence-corrected chi connectivity index (χ3v) is 3.03. The van der Waals surface area contributed by atoms with Gasteiger partial charge in [0.1, 0.15) is 0 Å². The molecule has 0 bridgehead atoms. The highest BCUT2D eigenvalue weighted by Gasteiger charge is 2.06. The van der Waals surface area contributed by atoms with Crippen LogP contribution in [0.3, 0.4) is 0 Å². The molecule has 0 heterocycles. The van der Waals surface area contributed by atoms with Crippen LogP contribution in [0.4, 0.5) is 17.1 Å². The second-order valence-electron chi connectivity index (χ2n) is 4.25. The first kappa shape index (κ1) is 13.2. The number of carbonyl (C=O) groups is 1. The van der Waals surface area contributed by atoms with Crippen LogP contribution in [0.2, 0.25) is 5.02 Å². The maximum atomic E-state index is 11.0. The third kappa shape index (κ3) is 2.98. The number of amides is 1. The SMILES string of the molecule is Cc1cc(Cl)ccc1Nc1ccc(C(N)=O)cc1N. The molecule has 5 N–H and O–H groups in total. The monoisotopic (exact) mass is 275 g/mol. The quantitative estimate of drug-likeness (QED) is 0.753. The van der Waals surface area contributed by atoms with E-state index in [0.717, 1.165) is 16.9 Å². The first-order chi connectivity index (χ1) is 8.97. The first-order valence-corrected chi connectivity index (χ1v) is 6.07. The van der Waals surface area contributed by atoms with E-state index < -0.39 is 5.91 Å². The van der Waals surface area contributed by atoms with Crippen molar-refractivity contribution in [1.82, 2.24) is 0 Å². The molecule has 0 radical (unpaired) electrons. The Morgan fingerprint density at radius 3 is 2.42 bits per heavy atom. The van der Waals surface area contributed by atoms with Gasteiger partial charge in [-0.1, -0.05) is 11.6 Å². The summed E-state index contributed by atoms with van der Waals surface area (Å²) in [6, 6.07) is 10.4. The normalized spacial score (nSPS) is 10.2. The Labute approximate surface area is 116 Å². The number of halogens is 1. The van der Waals surface area contributed by atoms with Gasteiger partial charge in [-0.05, 0) is 48.9 Å². The van der Waals surface area contributed by atoms with Crippen LogP contribution >= 0.6 is 11.6 Å². The molecule has 1 amide bonds. The third-order valence-electron chi connectivity index (χ3n) is 2.79. The van der Waals surface area contributed by atoms with Crippen LogP contribution in [0.5, 0.6) is 0 Å². The van der Waals surface area contributed by atoms with Crippen molar-refractivity contribution in [3.8, 4) is 0 Å². The maximum absolute atomic E-state index is 11.0. The van der Waals surface area contributed by atoms with E-state index in [9.17, 15) is 4.79 Å². The minimum absolute atomic E-state index is 0.385. The highest BCUT2D eigenvalue weighted by molar-refractivity contribution is 6.30. The second-order valence-corrected chi connectivity index (χ2v) is 4.69. The number of anilines is 3. The van der Waals surface area contributed by atoms with Gasteiger partial charge in [0.25, 0.3) is 0 Å². The summed E-state index contributed by atoms with van der Waals surface area (Å²) in [5, 5.41) is 3.88. The molecule has 2 rings (SSSR count). The molecule has 0 spiro atoms. The molecule has 0 atom stereocenters. The Morgan fingerprint density at radius 2 is 1.84 bits per heavy atom. The molecule has 2 aromatic carbocycles. The fourth-order valence-corrected chi connectivity index (χ4v) is 1.97. The zero-order chi connectivity index (χ0) is 14.0. The Kier molecular flexibility index (Phi) is 3.62. The van der Waals surface area contributed by atoms with Gasteiger partial charge in [0.2, 0.25) is 5.91 Å². The number of benzene rings is 2. The number of rotatable bonds is 3.